The van der Waals surface area contributed by atoms with Gasteiger partial charge in [0.05, 0.1) is 17.1 Å². The highest BCUT2D eigenvalue weighted by Gasteiger charge is 2.31. The van der Waals surface area contributed by atoms with E-state index >= 15 is 0 Å². The van der Waals surface area contributed by atoms with E-state index in [-0.39, 0.29) is 10.9 Å². The molecule has 1 aromatic heterocycles. The van der Waals surface area contributed by atoms with Gasteiger partial charge in [0.25, 0.3) is 0 Å². The Kier molecular flexibility index (Phi) is 4.25. The fourth-order valence-corrected chi connectivity index (χ4v) is 4.62. The largest absolute Gasteiger partial charge is 0.268 e. The van der Waals surface area contributed by atoms with Gasteiger partial charge >= 0.3 is 0 Å². The van der Waals surface area contributed by atoms with Gasteiger partial charge in [-0.15, -0.1) is 0 Å². The number of hydrogen-bond acceptors (Lipinski definition) is 3. The molecule has 0 radical (unpaired) electrons. The molecule has 1 aliphatic rings. The molecule has 0 bridgehead atoms. The summed E-state index contributed by atoms with van der Waals surface area (Å²) in [5, 5.41) is 4.29. The van der Waals surface area contributed by atoms with Crippen LogP contribution in [0, 0.1) is 19.7 Å². The number of rotatable bonds is 3. The molecule has 7 heteroatoms. The van der Waals surface area contributed by atoms with Crippen LogP contribution in [0.15, 0.2) is 35.5 Å². The monoisotopic (exact) mass is 337 g/mol. The van der Waals surface area contributed by atoms with E-state index in [9.17, 15) is 12.8 Å². The van der Waals surface area contributed by atoms with Gasteiger partial charge in [0.2, 0.25) is 10.0 Å². The van der Waals surface area contributed by atoms with Gasteiger partial charge in [-0.3, -0.25) is 4.68 Å². The van der Waals surface area contributed by atoms with Crippen molar-refractivity contribution in [2.75, 3.05) is 13.1 Å². The smallest absolute Gasteiger partial charge is 0.243 e. The summed E-state index contributed by atoms with van der Waals surface area (Å²) in [6, 6.07) is 3.94. The molecule has 0 saturated carbocycles. The van der Waals surface area contributed by atoms with Crippen LogP contribution in [0.2, 0.25) is 0 Å². The van der Waals surface area contributed by atoms with Crippen molar-refractivity contribution < 1.29 is 12.8 Å². The molecule has 1 fully saturated rings. The molecule has 0 amide bonds. The van der Waals surface area contributed by atoms with E-state index in [1.54, 1.807) is 13.1 Å². The Hall–Kier alpha value is -1.73. The van der Waals surface area contributed by atoms with Gasteiger partial charge < -0.3 is 0 Å². The predicted molar refractivity (Wildman–Crippen MR) is 85.1 cm³/mol. The third-order valence-corrected chi connectivity index (χ3v) is 5.96. The van der Waals surface area contributed by atoms with E-state index in [0.717, 1.165) is 24.5 Å². The quantitative estimate of drug-likeness (QED) is 0.865. The number of hydrogen-bond donors (Lipinski definition) is 0. The van der Waals surface area contributed by atoms with Crippen molar-refractivity contribution in [1.29, 1.82) is 0 Å². The highest BCUT2D eigenvalue weighted by molar-refractivity contribution is 7.89. The zero-order valence-corrected chi connectivity index (χ0v) is 14.1. The van der Waals surface area contributed by atoms with Crippen LogP contribution in [0.3, 0.4) is 0 Å². The molecular formula is C16H20FN3O2S. The minimum Gasteiger partial charge on any atom is -0.268 e. The first-order valence-electron chi connectivity index (χ1n) is 7.64. The van der Waals surface area contributed by atoms with Crippen molar-refractivity contribution in [2.24, 2.45) is 0 Å². The Morgan fingerprint density at radius 3 is 2.65 bits per heavy atom. The van der Waals surface area contributed by atoms with E-state index in [1.807, 2.05) is 17.8 Å². The van der Waals surface area contributed by atoms with Crippen LogP contribution in [-0.2, 0) is 10.0 Å². The minimum absolute atomic E-state index is 0.0156. The second-order valence-corrected chi connectivity index (χ2v) is 8.06. The Labute approximate surface area is 135 Å². The number of halogens is 1. The van der Waals surface area contributed by atoms with E-state index < -0.39 is 15.8 Å². The van der Waals surface area contributed by atoms with E-state index in [0.29, 0.717) is 18.7 Å². The normalized spacial score (nSPS) is 19.9. The third-order valence-electron chi connectivity index (χ3n) is 4.12. The topological polar surface area (TPSA) is 55.2 Å². The lowest BCUT2D eigenvalue weighted by molar-refractivity contribution is 0.253. The number of aromatic nitrogens is 2. The molecule has 1 atom stereocenters. The molecule has 1 aromatic carbocycles. The highest BCUT2D eigenvalue weighted by atomic mass is 32.2. The molecule has 2 aromatic rings. The fraction of sp³-hybridized carbons (Fsp3) is 0.438. The van der Waals surface area contributed by atoms with Crippen molar-refractivity contribution in [3.8, 4) is 0 Å². The molecule has 124 valence electrons. The summed E-state index contributed by atoms with van der Waals surface area (Å²) in [5.74, 6) is -0.528. The lowest BCUT2D eigenvalue weighted by atomic mass is 10.1. The average molecular weight is 337 g/mol. The van der Waals surface area contributed by atoms with Crippen molar-refractivity contribution in [3.05, 3.63) is 47.5 Å². The molecule has 1 saturated heterocycles. The second kappa shape index (κ2) is 6.05. The first-order chi connectivity index (χ1) is 10.9. The van der Waals surface area contributed by atoms with Gasteiger partial charge in [-0.1, -0.05) is 0 Å². The molecule has 0 unspecified atom stereocenters. The Morgan fingerprint density at radius 1 is 1.22 bits per heavy atom. The van der Waals surface area contributed by atoms with E-state index in [4.69, 9.17) is 0 Å². The van der Waals surface area contributed by atoms with Crippen LogP contribution in [0.5, 0.6) is 0 Å². The molecular weight excluding hydrogens is 317 g/mol. The van der Waals surface area contributed by atoms with Crippen LogP contribution in [0.1, 0.15) is 30.0 Å². The van der Waals surface area contributed by atoms with Crippen LogP contribution >= 0.6 is 0 Å². The van der Waals surface area contributed by atoms with Crippen LogP contribution in [0.4, 0.5) is 4.39 Å². The van der Waals surface area contributed by atoms with Crippen LogP contribution in [0.25, 0.3) is 0 Å². The molecule has 23 heavy (non-hydrogen) atoms. The Morgan fingerprint density at radius 2 is 2.00 bits per heavy atom. The van der Waals surface area contributed by atoms with E-state index in [1.165, 1.54) is 16.4 Å². The minimum atomic E-state index is -3.69. The highest BCUT2D eigenvalue weighted by Crippen LogP contribution is 2.27. The average Bonchev–Trinajstić information content (AvgIpc) is 2.93. The van der Waals surface area contributed by atoms with Crippen molar-refractivity contribution >= 4 is 10.0 Å². The summed E-state index contributed by atoms with van der Waals surface area (Å²) in [6.07, 6.45) is 5.34. The second-order valence-electron chi connectivity index (χ2n) is 6.12. The number of benzene rings is 1. The summed E-state index contributed by atoms with van der Waals surface area (Å²) in [5.41, 5.74) is 1.64. The zero-order valence-electron chi connectivity index (χ0n) is 13.2. The first kappa shape index (κ1) is 16.1. The first-order valence-corrected chi connectivity index (χ1v) is 9.08. The number of sulfonamides is 1. The molecule has 0 aliphatic carbocycles. The Bertz CT molecular complexity index is 796. The summed E-state index contributed by atoms with van der Waals surface area (Å²) < 4.78 is 42.4. The van der Waals surface area contributed by atoms with Gasteiger partial charge in [-0.25, -0.2) is 12.8 Å². The number of piperidine rings is 1. The lowest BCUT2D eigenvalue weighted by Gasteiger charge is -2.32. The molecule has 0 spiro atoms. The van der Waals surface area contributed by atoms with Crippen molar-refractivity contribution in [2.45, 2.75) is 37.6 Å². The molecule has 3 rings (SSSR count). The zero-order chi connectivity index (χ0) is 16.6. The van der Waals surface area contributed by atoms with Gasteiger partial charge in [-0.2, -0.15) is 9.40 Å². The summed E-state index contributed by atoms with van der Waals surface area (Å²) >= 11 is 0. The van der Waals surface area contributed by atoms with Crippen molar-refractivity contribution in [1.82, 2.24) is 14.1 Å². The summed E-state index contributed by atoms with van der Waals surface area (Å²) in [6.45, 7) is 4.46. The van der Waals surface area contributed by atoms with E-state index in [2.05, 4.69) is 5.10 Å². The lowest BCUT2D eigenvalue weighted by Crippen LogP contribution is -2.40. The van der Waals surface area contributed by atoms with Crippen LogP contribution < -0.4 is 0 Å². The van der Waals surface area contributed by atoms with Crippen molar-refractivity contribution in [3.63, 3.8) is 0 Å². The fourth-order valence-electron chi connectivity index (χ4n) is 2.99. The SMILES string of the molecule is Cc1cc(F)cc(S(=O)(=O)N2CCC[C@H](n3cc(C)cn3)C2)c1. The maximum atomic E-state index is 13.6. The maximum Gasteiger partial charge on any atom is 0.243 e. The van der Waals surface area contributed by atoms with Gasteiger partial charge in [0, 0.05) is 19.3 Å². The molecule has 0 N–H and O–H groups in total. The molecule has 2 heterocycles. The summed E-state index contributed by atoms with van der Waals surface area (Å²) in [4.78, 5) is 0.0206. The molecule has 1 aliphatic heterocycles. The number of nitrogens with zero attached hydrogens (tertiary/aromatic N) is 3. The maximum absolute atomic E-state index is 13.6. The molecule has 5 nitrogen and oxygen atoms in total. The predicted octanol–water partition coefficient (Wildman–Crippen LogP) is 2.66. The Balaban J connectivity index is 1.87. The van der Waals surface area contributed by atoms with Gasteiger partial charge in [0.15, 0.2) is 0 Å². The third kappa shape index (κ3) is 3.30. The standard InChI is InChI=1S/C16H20FN3O2S/c1-12-6-14(17)8-16(7-12)23(21,22)19-5-3-4-15(11-19)20-10-13(2)9-18-20/h6-10,15H,3-5,11H2,1-2H3/t15-/m0/s1. The van der Waals surface area contributed by atoms with Crippen LogP contribution in [-0.4, -0.2) is 35.6 Å². The van der Waals surface area contributed by atoms with Gasteiger partial charge in [-0.05, 0) is 56.0 Å². The summed E-state index contributed by atoms with van der Waals surface area (Å²) in [7, 11) is -3.69. The number of aryl methyl sites for hydroxylation is 2. The van der Waals surface area contributed by atoms with Gasteiger partial charge in [0.1, 0.15) is 5.82 Å².